The van der Waals surface area contributed by atoms with Gasteiger partial charge in [0.05, 0.1) is 5.56 Å². The predicted octanol–water partition coefficient (Wildman–Crippen LogP) is 9.03. The third-order valence-electron chi connectivity index (χ3n) is 8.17. The standard InChI is InChI=1S/C34H35N3OS/c1-5-37-28-14-10-9-13-25(28)27-19-22(15-18-29(27)37)21-35-33-31(32(38)36-24-11-7-6-8-12-24)26-17-16-23(34(2,3)4)20-30(26)39-33/h6-15,18-19,21,23H,5,16-17,20H2,1-4H3,(H,36,38)/t23-/m0/s1. The van der Waals surface area contributed by atoms with Gasteiger partial charge in [0.25, 0.3) is 5.91 Å². The number of amides is 1. The van der Waals surface area contributed by atoms with Crippen molar-refractivity contribution >= 4 is 56.0 Å². The number of nitrogens with zero attached hydrogens (tertiary/aromatic N) is 2. The molecule has 0 fully saturated rings. The molecule has 0 bridgehead atoms. The first-order chi connectivity index (χ1) is 18.8. The summed E-state index contributed by atoms with van der Waals surface area (Å²) >= 11 is 1.69. The number of rotatable bonds is 5. The van der Waals surface area contributed by atoms with Crippen LogP contribution in [0.15, 0.2) is 77.8 Å². The molecular formula is C34H35N3OS. The number of benzene rings is 3. The monoisotopic (exact) mass is 533 g/mol. The molecule has 1 amide bonds. The van der Waals surface area contributed by atoms with Crippen molar-refractivity contribution in [2.24, 2.45) is 16.3 Å². The summed E-state index contributed by atoms with van der Waals surface area (Å²) in [5.41, 5.74) is 6.49. The van der Waals surface area contributed by atoms with Crippen LogP contribution in [0.1, 0.15) is 60.5 Å². The molecule has 0 saturated heterocycles. The van der Waals surface area contributed by atoms with Gasteiger partial charge in [-0.3, -0.25) is 4.79 Å². The normalized spacial score (nSPS) is 15.7. The summed E-state index contributed by atoms with van der Waals surface area (Å²) in [5.74, 6) is 0.533. The van der Waals surface area contributed by atoms with Crippen molar-refractivity contribution in [3.63, 3.8) is 0 Å². The summed E-state index contributed by atoms with van der Waals surface area (Å²) in [5, 5.41) is 6.41. The number of carbonyl (C=O) groups excluding carboxylic acids is 1. The minimum Gasteiger partial charge on any atom is -0.341 e. The topological polar surface area (TPSA) is 46.4 Å². The maximum atomic E-state index is 13.6. The zero-order valence-electron chi connectivity index (χ0n) is 23.1. The van der Waals surface area contributed by atoms with E-state index in [4.69, 9.17) is 4.99 Å². The van der Waals surface area contributed by atoms with E-state index in [1.807, 2.05) is 36.5 Å². The Morgan fingerprint density at radius 1 is 1.03 bits per heavy atom. The van der Waals surface area contributed by atoms with Crippen molar-refractivity contribution in [1.82, 2.24) is 4.57 Å². The van der Waals surface area contributed by atoms with Crippen LogP contribution >= 0.6 is 11.3 Å². The molecule has 1 N–H and O–H groups in total. The third-order valence-corrected chi connectivity index (χ3v) is 9.34. The van der Waals surface area contributed by atoms with Crippen LogP contribution in [0.5, 0.6) is 0 Å². The second kappa shape index (κ2) is 10.1. The highest BCUT2D eigenvalue weighted by atomic mass is 32.1. The lowest BCUT2D eigenvalue weighted by Crippen LogP contribution is -2.27. The van der Waals surface area contributed by atoms with Crippen LogP contribution < -0.4 is 5.32 Å². The molecule has 1 atom stereocenters. The molecule has 0 spiro atoms. The second-order valence-electron chi connectivity index (χ2n) is 11.6. The number of hydrogen-bond donors (Lipinski definition) is 1. The number of fused-ring (bicyclic) bond motifs is 4. The van der Waals surface area contributed by atoms with Gasteiger partial charge in [0, 0.05) is 45.1 Å². The largest absolute Gasteiger partial charge is 0.341 e. The molecule has 1 aliphatic rings. The molecule has 198 valence electrons. The van der Waals surface area contributed by atoms with E-state index in [-0.39, 0.29) is 11.3 Å². The van der Waals surface area contributed by atoms with E-state index >= 15 is 0 Å². The second-order valence-corrected chi connectivity index (χ2v) is 12.7. The minimum absolute atomic E-state index is 0.0680. The zero-order valence-corrected chi connectivity index (χ0v) is 23.9. The summed E-state index contributed by atoms with van der Waals surface area (Å²) in [6.07, 6.45) is 4.95. The van der Waals surface area contributed by atoms with Gasteiger partial charge in [0.15, 0.2) is 0 Å². The molecule has 3 aromatic carbocycles. The van der Waals surface area contributed by atoms with E-state index in [0.29, 0.717) is 5.92 Å². The number of aromatic nitrogens is 1. The van der Waals surface area contributed by atoms with Gasteiger partial charge in [-0.15, -0.1) is 11.3 Å². The smallest absolute Gasteiger partial charge is 0.259 e. The first-order valence-corrected chi connectivity index (χ1v) is 14.7. The number of anilines is 1. The number of thiophene rings is 1. The lowest BCUT2D eigenvalue weighted by Gasteiger charge is -2.33. The van der Waals surface area contributed by atoms with Gasteiger partial charge < -0.3 is 9.88 Å². The molecule has 4 nitrogen and oxygen atoms in total. The van der Waals surface area contributed by atoms with Crippen molar-refractivity contribution in [2.75, 3.05) is 5.32 Å². The van der Waals surface area contributed by atoms with Crippen LogP contribution in [0.25, 0.3) is 21.8 Å². The Bertz CT molecular complexity index is 1700. The Morgan fingerprint density at radius 2 is 1.77 bits per heavy atom. The average molecular weight is 534 g/mol. The maximum Gasteiger partial charge on any atom is 0.259 e. The van der Waals surface area contributed by atoms with Crippen molar-refractivity contribution in [2.45, 2.75) is 53.5 Å². The van der Waals surface area contributed by atoms with Gasteiger partial charge in [-0.2, -0.15) is 0 Å². The molecule has 0 saturated carbocycles. The Labute approximate surface area is 234 Å². The van der Waals surface area contributed by atoms with Gasteiger partial charge >= 0.3 is 0 Å². The first kappa shape index (κ1) is 25.6. The molecule has 39 heavy (non-hydrogen) atoms. The number of nitrogens with one attached hydrogen (secondary N) is 1. The first-order valence-electron chi connectivity index (χ1n) is 13.9. The molecule has 2 heterocycles. The van der Waals surface area contributed by atoms with E-state index in [1.54, 1.807) is 11.3 Å². The van der Waals surface area contributed by atoms with Crippen molar-refractivity contribution in [3.8, 4) is 0 Å². The van der Waals surface area contributed by atoms with Crippen LogP contribution in [0, 0.1) is 11.3 Å². The molecule has 1 aliphatic carbocycles. The van der Waals surface area contributed by atoms with E-state index < -0.39 is 0 Å². The average Bonchev–Trinajstić information content (AvgIpc) is 3.46. The fourth-order valence-electron chi connectivity index (χ4n) is 5.98. The van der Waals surface area contributed by atoms with E-state index in [0.717, 1.165) is 47.6 Å². The van der Waals surface area contributed by atoms with E-state index in [2.05, 4.69) is 80.0 Å². The summed E-state index contributed by atoms with van der Waals surface area (Å²) < 4.78 is 2.36. The Morgan fingerprint density at radius 3 is 2.54 bits per heavy atom. The van der Waals surface area contributed by atoms with Crippen LogP contribution in [0.2, 0.25) is 0 Å². The van der Waals surface area contributed by atoms with E-state index in [9.17, 15) is 4.79 Å². The number of hydrogen-bond acceptors (Lipinski definition) is 3. The van der Waals surface area contributed by atoms with Gasteiger partial charge in [0.2, 0.25) is 0 Å². The minimum atomic E-state index is -0.0680. The molecular weight excluding hydrogens is 498 g/mol. The predicted molar refractivity (Wildman–Crippen MR) is 166 cm³/mol. The van der Waals surface area contributed by atoms with E-state index in [1.165, 1.54) is 32.2 Å². The zero-order chi connectivity index (χ0) is 27.1. The van der Waals surface area contributed by atoms with Gasteiger partial charge in [0.1, 0.15) is 5.00 Å². The van der Waals surface area contributed by atoms with Crippen molar-refractivity contribution in [1.29, 1.82) is 0 Å². The highest BCUT2D eigenvalue weighted by molar-refractivity contribution is 7.16. The number of carbonyl (C=O) groups is 1. The quantitative estimate of drug-likeness (QED) is 0.225. The molecule has 0 unspecified atom stereocenters. The molecule has 5 heteroatoms. The summed E-state index contributed by atoms with van der Waals surface area (Å²) in [4.78, 5) is 19.9. The number of aliphatic imine (C=N–C) groups is 1. The fourth-order valence-corrected chi connectivity index (χ4v) is 7.24. The van der Waals surface area contributed by atoms with Crippen molar-refractivity contribution in [3.05, 3.63) is 94.4 Å². The SMILES string of the molecule is CCn1c2ccccc2c2cc(C=Nc3sc4c(c3C(=O)Nc3ccccc3)CC[C@H](C(C)(C)C)C4)ccc21. The highest BCUT2D eigenvalue weighted by Crippen LogP contribution is 2.45. The molecule has 6 rings (SSSR count). The maximum absolute atomic E-state index is 13.6. The van der Waals surface area contributed by atoms with Crippen LogP contribution in [-0.2, 0) is 19.4 Å². The van der Waals surface area contributed by atoms with Crippen LogP contribution in [-0.4, -0.2) is 16.7 Å². The summed E-state index contributed by atoms with van der Waals surface area (Å²) in [7, 11) is 0. The molecule has 5 aromatic rings. The lowest BCUT2D eigenvalue weighted by atomic mass is 9.72. The van der Waals surface area contributed by atoms with Gasteiger partial charge in [-0.05, 0) is 79.0 Å². The lowest BCUT2D eigenvalue weighted by molar-refractivity contribution is 0.102. The van der Waals surface area contributed by atoms with Gasteiger partial charge in [-0.1, -0.05) is 63.2 Å². The third kappa shape index (κ3) is 4.80. The summed E-state index contributed by atoms with van der Waals surface area (Å²) in [6.45, 7) is 10.1. The number of aryl methyl sites for hydroxylation is 1. The Balaban J connectivity index is 1.39. The molecule has 0 aliphatic heterocycles. The molecule has 2 aromatic heterocycles. The summed E-state index contributed by atoms with van der Waals surface area (Å²) in [6, 6.07) is 24.8. The molecule has 0 radical (unpaired) electrons. The Kier molecular flexibility index (Phi) is 6.64. The fraction of sp³-hybridized carbons (Fsp3) is 0.294. The van der Waals surface area contributed by atoms with Crippen LogP contribution in [0.4, 0.5) is 10.7 Å². The number of para-hydroxylation sites is 2. The van der Waals surface area contributed by atoms with Crippen LogP contribution in [0.3, 0.4) is 0 Å². The Hall–Kier alpha value is -3.70. The van der Waals surface area contributed by atoms with Gasteiger partial charge in [-0.25, -0.2) is 4.99 Å². The van der Waals surface area contributed by atoms with Crippen molar-refractivity contribution < 1.29 is 4.79 Å². The highest BCUT2D eigenvalue weighted by Gasteiger charge is 2.33.